The van der Waals surface area contributed by atoms with Crippen LogP contribution in [0.5, 0.6) is 0 Å². The third-order valence-corrected chi connectivity index (χ3v) is 4.25. The molecule has 0 aliphatic carbocycles. The first kappa shape index (κ1) is 11.9. The van der Waals surface area contributed by atoms with Gasteiger partial charge in [-0.05, 0) is 38.3 Å². The fourth-order valence-corrected chi connectivity index (χ4v) is 2.37. The van der Waals surface area contributed by atoms with Gasteiger partial charge in [-0.15, -0.1) is 0 Å². The lowest BCUT2D eigenvalue weighted by Gasteiger charge is -2.33. The first-order valence-electron chi connectivity index (χ1n) is 5.15. The Morgan fingerprint density at radius 2 is 1.93 bits per heavy atom. The second-order valence-electron chi connectivity index (χ2n) is 4.29. The minimum atomic E-state index is -3.03. The molecule has 4 nitrogen and oxygen atoms in total. The molecule has 0 saturated carbocycles. The maximum absolute atomic E-state index is 11.3. The topological polar surface area (TPSA) is 58.2 Å². The van der Waals surface area contributed by atoms with E-state index in [-0.39, 0.29) is 11.2 Å². The normalized spacial score (nSPS) is 22.1. The fourth-order valence-electron chi connectivity index (χ4n) is 1.59. The molecule has 14 heavy (non-hydrogen) atoms. The minimum absolute atomic E-state index is 0.132. The molecule has 1 aliphatic heterocycles. The summed E-state index contributed by atoms with van der Waals surface area (Å²) in [5.74, 6) is 0.168. The molecule has 1 fully saturated rings. The summed E-state index contributed by atoms with van der Waals surface area (Å²) < 4.78 is 25.2. The van der Waals surface area contributed by atoms with E-state index < -0.39 is 10.0 Å². The van der Waals surface area contributed by atoms with Gasteiger partial charge in [0, 0.05) is 6.54 Å². The quantitative estimate of drug-likeness (QED) is 0.717. The van der Waals surface area contributed by atoms with Crippen LogP contribution >= 0.6 is 0 Å². The van der Waals surface area contributed by atoms with Gasteiger partial charge in [-0.1, -0.05) is 6.92 Å². The standard InChI is InChI=1S/C9H20N2O2S/c1-3-14(12,13)11-8-9(2)4-6-10-7-5-9/h10-11H,3-8H2,1-2H3. The molecule has 0 unspecified atom stereocenters. The zero-order valence-corrected chi connectivity index (χ0v) is 9.78. The Morgan fingerprint density at radius 3 is 2.43 bits per heavy atom. The van der Waals surface area contributed by atoms with E-state index in [0.717, 1.165) is 25.9 Å². The lowest BCUT2D eigenvalue weighted by atomic mass is 9.81. The zero-order valence-electron chi connectivity index (χ0n) is 8.97. The number of hydrogen-bond donors (Lipinski definition) is 2. The molecule has 0 radical (unpaired) electrons. The van der Waals surface area contributed by atoms with Gasteiger partial charge in [0.2, 0.25) is 10.0 Å². The number of nitrogens with one attached hydrogen (secondary N) is 2. The van der Waals surface area contributed by atoms with E-state index in [1.165, 1.54) is 0 Å². The van der Waals surface area contributed by atoms with Crippen molar-refractivity contribution in [3.63, 3.8) is 0 Å². The van der Waals surface area contributed by atoms with Crippen molar-refractivity contribution in [3.8, 4) is 0 Å². The predicted molar refractivity (Wildman–Crippen MR) is 57.7 cm³/mol. The second-order valence-corrected chi connectivity index (χ2v) is 6.38. The highest BCUT2D eigenvalue weighted by atomic mass is 32.2. The number of hydrogen-bond acceptors (Lipinski definition) is 3. The summed E-state index contributed by atoms with van der Waals surface area (Å²) in [5.41, 5.74) is 0.132. The van der Waals surface area contributed by atoms with Crippen molar-refractivity contribution in [2.75, 3.05) is 25.4 Å². The molecule has 0 spiro atoms. The molecule has 84 valence electrons. The third-order valence-electron chi connectivity index (χ3n) is 2.91. The smallest absolute Gasteiger partial charge is 0.211 e. The summed E-state index contributed by atoms with van der Waals surface area (Å²) in [6.45, 7) is 6.36. The van der Waals surface area contributed by atoms with Gasteiger partial charge < -0.3 is 5.32 Å². The Bertz CT molecular complexity index is 269. The number of piperidine rings is 1. The van der Waals surface area contributed by atoms with Crippen LogP contribution < -0.4 is 10.0 Å². The van der Waals surface area contributed by atoms with E-state index in [2.05, 4.69) is 17.0 Å². The Hall–Kier alpha value is -0.130. The van der Waals surface area contributed by atoms with Crippen LogP contribution in [0.4, 0.5) is 0 Å². The summed E-state index contributed by atoms with van der Waals surface area (Å²) in [4.78, 5) is 0. The van der Waals surface area contributed by atoms with Crippen molar-refractivity contribution in [1.29, 1.82) is 0 Å². The molecule has 0 aromatic rings. The molecule has 5 heteroatoms. The SMILES string of the molecule is CCS(=O)(=O)NCC1(C)CCNCC1. The Morgan fingerprint density at radius 1 is 1.36 bits per heavy atom. The van der Waals surface area contributed by atoms with Crippen molar-refractivity contribution in [3.05, 3.63) is 0 Å². The zero-order chi connectivity index (χ0) is 10.7. The molecule has 0 amide bonds. The molecule has 1 heterocycles. The second kappa shape index (κ2) is 4.59. The average molecular weight is 220 g/mol. The van der Waals surface area contributed by atoms with Crippen LogP contribution in [-0.2, 0) is 10.0 Å². The molecule has 1 rings (SSSR count). The lowest BCUT2D eigenvalue weighted by Crippen LogP contribution is -2.43. The molecule has 0 aromatic carbocycles. The molecule has 1 aliphatic rings. The highest BCUT2D eigenvalue weighted by Crippen LogP contribution is 2.26. The van der Waals surface area contributed by atoms with Crippen LogP contribution in [0, 0.1) is 5.41 Å². The van der Waals surface area contributed by atoms with Crippen LogP contribution in [0.3, 0.4) is 0 Å². The van der Waals surface area contributed by atoms with E-state index in [0.29, 0.717) is 6.54 Å². The van der Waals surface area contributed by atoms with E-state index in [4.69, 9.17) is 0 Å². The van der Waals surface area contributed by atoms with Crippen LogP contribution in [-0.4, -0.2) is 33.8 Å². The van der Waals surface area contributed by atoms with Crippen molar-refractivity contribution in [2.24, 2.45) is 5.41 Å². The minimum Gasteiger partial charge on any atom is -0.317 e. The third kappa shape index (κ3) is 3.55. The van der Waals surface area contributed by atoms with Crippen LogP contribution in [0.25, 0.3) is 0 Å². The lowest BCUT2D eigenvalue weighted by molar-refractivity contribution is 0.232. The maximum Gasteiger partial charge on any atom is 0.211 e. The average Bonchev–Trinajstić information content (AvgIpc) is 2.17. The summed E-state index contributed by atoms with van der Waals surface area (Å²) >= 11 is 0. The number of rotatable bonds is 4. The van der Waals surface area contributed by atoms with Gasteiger partial charge in [0.25, 0.3) is 0 Å². The summed E-state index contributed by atoms with van der Waals surface area (Å²) in [5, 5.41) is 3.27. The molecule has 0 atom stereocenters. The first-order valence-corrected chi connectivity index (χ1v) is 6.81. The summed E-state index contributed by atoms with van der Waals surface area (Å²) in [6.07, 6.45) is 2.08. The van der Waals surface area contributed by atoms with Crippen molar-refractivity contribution < 1.29 is 8.42 Å². The van der Waals surface area contributed by atoms with Gasteiger partial charge in [0.1, 0.15) is 0 Å². The van der Waals surface area contributed by atoms with Crippen LogP contribution in [0.2, 0.25) is 0 Å². The van der Waals surface area contributed by atoms with Gasteiger partial charge in [-0.2, -0.15) is 0 Å². The molecule has 2 N–H and O–H groups in total. The van der Waals surface area contributed by atoms with Gasteiger partial charge in [-0.3, -0.25) is 0 Å². The van der Waals surface area contributed by atoms with Crippen molar-refractivity contribution >= 4 is 10.0 Å². The van der Waals surface area contributed by atoms with Crippen LogP contribution in [0.15, 0.2) is 0 Å². The maximum atomic E-state index is 11.3. The predicted octanol–water partition coefficient (Wildman–Crippen LogP) is 0.315. The molecular formula is C9H20N2O2S. The van der Waals surface area contributed by atoms with Crippen molar-refractivity contribution in [1.82, 2.24) is 10.0 Å². The van der Waals surface area contributed by atoms with Gasteiger partial charge in [0.05, 0.1) is 5.75 Å². The molecule has 0 bridgehead atoms. The molecule has 1 saturated heterocycles. The van der Waals surface area contributed by atoms with Crippen LogP contribution in [0.1, 0.15) is 26.7 Å². The van der Waals surface area contributed by atoms with Crippen molar-refractivity contribution in [2.45, 2.75) is 26.7 Å². The van der Waals surface area contributed by atoms with Gasteiger partial charge in [-0.25, -0.2) is 13.1 Å². The van der Waals surface area contributed by atoms with Gasteiger partial charge >= 0.3 is 0 Å². The Kier molecular flexibility index (Phi) is 3.92. The van der Waals surface area contributed by atoms with E-state index in [1.54, 1.807) is 6.92 Å². The fraction of sp³-hybridized carbons (Fsp3) is 1.00. The molecule has 0 aromatic heterocycles. The van der Waals surface area contributed by atoms with E-state index in [9.17, 15) is 8.42 Å². The summed E-state index contributed by atoms with van der Waals surface area (Å²) in [6, 6.07) is 0. The largest absolute Gasteiger partial charge is 0.317 e. The highest BCUT2D eigenvalue weighted by molar-refractivity contribution is 7.89. The number of sulfonamides is 1. The monoisotopic (exact) mass is 220 g/mol. The summed E-state index contributed by atoms with van der Waals surface area (Å²) in [7, 11) is -3.03. The molecular weight excluding hydrogens is 200 g/mol. The van der Waals surface area contributed by atoms with E-state index in [1.807, 2.05) is 0 Å². The highest BCUT2D eigenvalue weighted by Gasteiger charge is 2.27. The first-order chi connectivity index (χ1) is 6.47. The Balaban J connectivity index is 2.43. The van der Waals surface area contributed by atoms with E-state index >= 15 is 0 Å². The Labute approximate surface area is 86.5 Å². The van der Waals surface area contributed by atoms with Gasteiger partial charge in [0.15, 0.2) is 0 Å².